The van der Waals surface area contributed by atoms with E-state index >= 15 is 0 Å². The average molecular weight is 155 g/mol. The summed E-state index contributed by atoms with van der Waals surface area (Å²) in [6, 6.07) is -0.394. The molecule has 0 aliphatic carbocycles. The van der Waals surface area contributed by atoms with Crippen LogP contribution in [0.2, 0.25) is 0 Å². The highest BCUT2D eigenvalue weighted by atomic mass is 16.2. The van der Waals surface area contributed by atoms with Gasteiger partial charge in [-0.2, -0.15) is 0 Å². The van der Waals surface area contributed by atoms with Gasteiger partial charge in [0.2, 0.25) is 0 Å². The number of urea groups is 2. The summed E-state index contributed by atoms with van der Waals surface area (Å²) >= 11 is 0. The molecular weight excluding hydrogens is 146 g/mol. The van der Waals surface area contributed by atoms with Crippen molar-refractivity contribution in [2.75, 3.05) is 20.1 Å². The van der Waals surface area contributed by atoms with Crippen LogP contribution in [0, 0.1) is 0 Å². The fourth-order valence-electron chi connectivity index (χ4n) is 1.51. The first kappa shape index (κ1) is 6.45. The van der Waals surface area contributed by atoms with E-state index in [1.165, 1.54) is 4.90 Å². The van der Waals surface area contributed by atoms with Crippen LogP contribution in [-0.4, -0.2) is 48.0 Å². The third kappa shape index (κ3) is 0.704. The molecule has 4 amide bonds. The second kappa shape index (κ2) is 1.87. The van der Waals surface area contributed by atoms with Crippen molar-refractivity contribution in [3.05, 3.63) is 0 Å². The van der Waals surface area contributed by atoms with Crippen LogP contribution >= 0.6 is 0 Å². The average Bonchev–Trinajstić information content (AvgIpc) is 2.41. The van der Waals surface area contributed by atoms with Crippen molar-refractivity contribution in [2.24, 2.45) is 0 Å². The van der Waals surface area contributed by atoms with Crippen LogP contribution in [0.4, 0.5) is 9.59 Å². The van der Waals surface area contributed by atoms with Crippen molar-refractivity contribution >= 4 is 12.1 Å². The van der Waals surface area contributed by atoms with Crippen molar-refractivity contribution in [1.29, 1.82) is 0 Å². The first-order valence-corrected chi connectivity index (χ1v) is 3.52. The van der Waals surface area contributed by atoms with Gasteiger partial charge in [-0.3, -0.25) is 0 Å². The van der Waals surface area contributed by atoms with Crippen molar-refractivity contribution in [1.82, 2.24) is 15.1 Å². The smallest absolute Gasteiger partial charge is 0.328 e. The first-order valence-electron chi connectivity index (χ1n) is 3.52. The van der Waals surface area contributed by atoms with Crippen LogP contribution in [0.3, 0.4) is 0 Å². The van der Waals surface area contributed by atoms with E-state index in [4.69, 9.17) is 0 Å². The number of amides is 4. The highest BCUT2D eigenvalue weighted by molar-refractivity contribution is 5.97. The summed E-state index contributed by atoms with van der Waals surface area (Å²) in [7, 11) is 1.70. The zero-order valence-corrected chi connectivity index (χ0v) is 6.20. The van der Waals surface area contributed by atoms with Crippen LogP contribution < -0.4 is 5.32 Å². The number of rotatable bonds is 0. The largest absolute Gasteiger partial charge is 0.335 e. The number of hydrogen-bond acceptors (Lipinski definition) is 2. The zero-order chi connectivity index (χ0) is 8.01. The molecule has 2 rings (SSSR count). The normalized spacial score (nSPS) is 29.4. The molecule has 0 aromatic rings. The summed E-state index contributed by atoms with van der Waals surface area (Å²) in [5.74, 6) is 0. The molecule has 0 radical (unpaired) electrons. The van der Waals surface area contributed by atoms with Gasteiger partial charge < -0.3 is 10.2 Å². The van der Waals surface area contributed by atoms with Gasteiger partial charge in [-0.25, -0.2) is 14.5 Å². The van der Waals surface area contributed by atoms with Gasteiger partial charge in [-0.05, 0) is 0 Å². The third-order valence-electron chi connectivity index (χ3n) is 2.09. The molecule has 2 heterocycles. The quantitative estimate of drug-likeness (QED) is 0.510. The number of fused-ring (bicyclic) bond motifs is 1. The Hall–Kier alpha value is -1.26. The molecule has 2 fully saturated rings. The number of nitrogens with zero attached hydrogens (tertiary/aromatic N) is 2. The van der Waals surface area contributed by atoms with E-state index in [0.29, 0.717) is 13.1 Å². The lowest BCUT2D eigenvalue weighted by molar-refractivity contribution is 0.193. The number of imide groups is 1. The molecule has 1 unspecified atom stereocenters. The van der Waals surface area contributed by atoms with E-state index in [9.17, 15) is 9.59 Å². The van der Waals surface area contributed by atoms with E-state index in [1.807, 2.05) is 0 Å². The molecule has 0 spiro atoms. The van der Waals surface area contributed by atoms with Crippen LogP contribution in [-0.2, 0) is 0 Å². The maximum absolute atomic E-state index is 11.2. The van der Waals surface area contributed by atoms with Crippen molar-refractivity contribution in [2.45, 2.75) is 6.04 Å². The topological polar surface area (TPSA) is 52.7 Å². The number of likely N-dealkylation sites (N-methyl/N-ethyl adjacent to an activating group) is 1. The SMILES string of the molecule is CN1CC2CNC(=O)N2C1=O. The predicted molar refractivity (Wildman–Crippen MR) is 37.1 cm³/mol. The third-order valence-corrected chi connectivity index (χ3v) is 2.09. The van der Waals surface area contributed by atoms with Gasteiger partial charge in [-0.15, -0.1) is 0 Å². The molecule has 2 saturated heterocycles. The minimum Gasteiger partial charge on any atom is -0.335 e. The molecule has 1 N–H and O–H groups in total. The van der Waals surface area contributed by atoms with E-state index in [1.54, 1.807) is 11.9 Å². The van der Waals surface area contributed by atoms with Gasteiger partial charge in [-0.1, -0.05) is 0 Å². The predicted octanol–water partition coefficient (Wildman–Crippen LogP) is -0.554. The molecule has 2 aliphatic heterocycles. The van der Waals surface area contributed by atoms with Crippen LogP contribution in [0.15, 0.2) is 0 Å². The number of nitrogens with one attached hydrogen (secondary N) is 1. The molecule has 0 saturated carbocycles. The fraction of sp³-hybridized carbons (Fsp3) is 0.667. The standard InChI is InChI=1S/C6H9N3O2/c1-8-3-4-2-7-5(10)9(4)6(8)11/h4H,2-3H2,1H3,(H,7,10). The van der Waals surface area contributed by atoms with Gasteiger partial charge in [0.05, 0.1) is 6.04 Å². The Morgan fingerprint density at radius 3 is 2.91 bits per heavy atom. The second-order valence-electron chi connectivity index (χ2n) is 2.87. The van der Waals surface area contributed by atoms with E-state index in [-0.39, 0.29) is 18.1 Å². The molecule has 1 atom stereocenters. The molecule has 11 heavy (non-hydrogen) atoms. The maximum atomic E-state index is 11.2. The van der Waals surface area contributed by atoms with Crippen LogP contribution in [0.1, 0.15) is 0 Å². The first-order chi connectivity index (χ1) is 5.20. The van der Waals surface area contributed by atoms with Crippen molar-refractivity contribution in [3.8, 4) is 0 Å². The van der Waals surface area contributed by atoms with E-state index in [2.05, 4.69) is 5.32 Å². The molecular formula is C6H9N3O2. The fourth-order valence-corrected chi connectivity index (χ4v) is 1.51. The number of carbonyl (C=O) groups excluding carboxylic acids is 2. The van der Waals surface area contributed by atoms with Gasteiger partial charge in [0.15, 0.2) is 0 Å². The minimum atomic E-state index is -0.260. The summed E-state index contributed by atoms with van der Waals surface area (Å²) in [5.41, 5.74) is 0. The minimum absolute atomic E-state index is 0.0556. The Bertz CT molecular complexity index is 228. The van der Waals surface area contributed by atoms with Gasteiger partial charge >= 0.3 is 12.1 Å². The maximum Gasteiger partial charge on any atom is 0.328 e. The lowest BCUT2D eigenvalue weighted by atomic mass is 10.3. The van der Waals surface area contributed by atoms with Crippen LogP contribution in [0.5, 0.6) is 0 Å². The molecule has 60 valence electrons. The Morgan fingerprint density at radius 1 is 1.55 bits per heavy atom. The Balaban J connectivity index is 2.26. The summed E-state index contributed by atoms with van der Waals surface area (Å²) in [6.07, 6.45) is 0. The van der Waals surface area contributed by atoms with E-state index < -0.39 is 0 Å². The Morgan fingerprint density at radius 2 is 2.27 bits per heavy atom. The molecule has 5 heteroatoms. The summed E-state index contributed by atoms with van der Waals surface area (Å²) in [5, 5.41) is 2.61. The van der Waals surface area contributed by atoms with Crippen molar-refractivity contribution in [3.63, 3.8) is 0 Å². The monoisotopic (exact) mass is 155 g/mol. The molecule has 2 aliphatic rings. The zero-order valence-electron chi connectivity index (χ0n) is 6.20. The second-order valence-corrected chi connectivity index (χ2v) is 2.87. The summed E-state index contributed by atoms with van der Waals surface area (Å²) in [6.45, 7) is 1.24. The van der Waals surface area contributed by atoms with Gasteiger partial charge in [0.25, 0.3) is 0 Å². The summed E-state index contributed by atoms with van der Waals surface area (Å²) in [4.78, 5) is 25.0. The molecule has 0 aromatic heterocycles. The highest BCUT2D eigenvalue weighted by Gasteiger charge is 2.43. The number of carbonyl (C=O) groups is 2. The summed E-state index contributed by atoms with van der Waals surface area (Å²) < 4.78 is 0. The van der Waals surface area contributed by atoms with Gasteiger partial charge in [0, 0.05) is 20.1 Å². The molecule has 0 aromatic carbocycles. The Labute approximate surface area is 63.9 Å². The Kier molecular flexibility index (Phi) is 1.10. The highest BCUT2D eigenvalue weighted by Crippen LogP contribution is 2.17. The lowest BCUT2D eigenvalue weighted by Crippen LogP contribution is -2.35. The van der Waals surface area contributed by atoms with Crippen LogP contribution in [0.25, 0.3) is 0 Å². The molecule has 5 nitrogen and oxygen atoms in total. The lowest BCUT2D eigenvalue weighted by Gasteiger charge is -2.09. The number of hydrogen-bond donors (Lipinski definition) is 1. The van der Waals surface area contributed by atoms with E-state index in [0.717, 1.165) is 0 Å². The van der Waals surface area contributed by atoms with Gasteiger partial charge in [0.1, 0.15) is 0 Å². The van der Waals surface area contributed by atoms with Crippen molar-refractivity contribution < 1.29 is 9.59 Å². The molecule has 0 bridgehead atoms.